The Hall–Kier alpha value is -0.0800. The van der Waals surface area contributed by atoms with Crippen molar-refractivity contribution < 1.29 is 0 Å². The third-order valence-corrected chi connectivity index (χ3v) is 4.50. The molecule has 2 fully saturated rings. The molecule has 0 bridgehead atoms. The van der Waals surface area contributed by atoms with Gasteiger partial charge in [-0.15, -0.1) is 0 Å². The van der Waals surface area contributed by atoms with Gasteiger partial charge in [0.05, 0.1) is 0 Å². The van der Waals surface area contributed by atoms with Gasteiger partial charge in [0.2, 0.25) is 0 Å². The topological polar surface area (TPSA) is 15.3 Å². The molecule has 2 rings (SSSR count). The van der Waals surface area contributed by atoms with Crippen molar-refractivity contribution in [2.24, 2.45) is 11.3 Å². The van der Waals surface area contributed by atoms with Gasteiger partial charge in [-0.3, -0.25) is 0 Å². The summed E-state index contributed by atoms with van der Waals surface area (Å²) in [5.74, 6) is 0.859. The Labute approximate surface area is 107 Å². The minimum Gasteiger partial charge on any atom is -0.315 e. The molecule has 0 aromatic carbocycles. The fraction of sp³-hybridized carbons (Fsp3) is 1.00. The highest BCUT2D eigenvalue weighted by atomic mass is 15.2. The smallest absolute Gasteiger partial charge is 0.0107 e. The molecule has 1 aliphatic heterocycles. The van der Waals surface area contributed by atoms with Gasteiger partial charge < -0.3 is 10.2 Å². The molecule has 0 aromatic rings. The van der Waals surface area contributed by atoms with Gasteiger partial charge in [0, 0.05) is 19.6 Å². The van der Waals surface area contributed by atoms with E-state index in [0.717, 1.165) is 5.92 Å². The average molecular weight is 238 g/mol. The zero-order valence-electron chi connectivity index (χ0n) is 11.8. The molecule has 2 heteroatoms. The monoisotopic (exact) mass is 238 g/mol. The Bertz CT molecular complexity index is 211. The van der Waals surface area contributed by atoms with Crippen molar-refractivity contribution in [2.45, 2.75) is 52.4 Å². The zero-order valence-corrected chi connectivity index (χ0v) is 11.8. The molecule has 17 heavy (non-hydrogen) atoms. The van der Waals surface area contributed by atoms with Crippen molar-refractivity contribution in [3.63, 3.8) is 0 Å². The molecule has 0 radical (unpaired) electrons. The fourth-order valence-corrected chi connectivity index (χ4v) is 3.95. The molecule has 1 saturated carbocycles. The summed E-state index contributed by atoms with van der Waals surface area (Å²) in [6.07, 6.45) is 8.68. The second-order valence-corrected chi connectivity index (χ2v) is 6.68. The maximum absolute atomic E-state index is 3.51. The normalized spacial score (nSPS) is 26.3. The lowest BCUT2D eigenvalue weighted by molar-refractivity contribution is 0.133. The molecular formula is C15H30N2. The van der Waals surface area contributed by atoms with Crippen molar-refractivity contribution in [1.29, 1.82) is 0 Å². The van der Waals surface area contributed by atoms with Crippen LogP contribution in [-0.4, -0.2) is 37.6 Å². The molecule has 2 nitrogen and oxygen atoms in total. The molecular weight excluding hydrogens is 208 g/mol. The van der Waals surface area contributed by atoms with Gasteiger partial charge in [0.15, 0.2) is 0 Å². The predicted octanol–water partition coefficient (Wildman–Crippen LogP) is 2.89. The zero-order chi connectivity index (χ0) is 12.1. The summed E-state index contributed by atoms with van der Waals surface area (Å²) in [7, 11) is 0. The number of rotatable bonds is 4. The number of hydrogen-bond donors (Lipinski definition) is 1. The lowest BCUT2D eigenvalue weighted by atomic mass is 9.78. The molecule has 0 atom stereocenters. The van der Waals surface area contributed by atoms with Crippen LogP contribution in [0.5, 0.6) is 0 Å². The summed E-state index contributed by atoms with van der Waals surface area (Å²) in [6.45, 7) is 11.1. The van der Waals surface area contributed by atoms with Crippen LogP contribution in [0.25, 0.3) is 0 Å². The second kappa shape index (κ2) is 6.19. The minimum absolute atomic E-state index is 0.665. The summed E-state index contributed by atoms with van der Waals surface area (Å²) < 4.78 is 0. The molecule has 0 aromatic heterocycles. The molecule has 0 amide bonds. The summed E-state index contributed by atoms with van der Waals surface area (Å²) >= 11 is 0. The highest BCUT2D eigenvalue weighted by Crippen LogP contribution is 2.43. The molecule has 2 aliphatic rings. The van der Waals surface area contributed by atoms with Crippen LogP contribution in [0.1, 0.15) is 52.4 Å². The van der Waals surface area contributed by atoms with Crippen LogP contribution in [-0.2, 0) is 0 Å². The first-order chi connectivity index (χ1) is 8.20. The summed E-state index contributed by atoms with van der Waals surface area (Å²) in [6, 6.07) is 0. The van der Waals surface area contributed by atoms with Crippen LogP contribution < -0.4 is 5.32 Å². The number of nitrogens with one attached hydrogen (secondary N) is 1. The van der Waals surface area contributed by atoms with Crippen molar-refractivity contribution in [3.8, 4) is 0 Å². The van der Waals surface area contributed by atoms with Gasteiger partial charge in [-0.05, 0) is 50.1 Å². The van der Waals surface area contributed by atoms with Crippen LogP contribution >= 0.6 is 0 Å². The molecule has 100 valence electrons. The van der Waals surface area contributed by atoms with E-state index < -0.39 is 0 Å². The van der Waals surface area contributed by atoms with Crippen LogP contribution in [0.3, 0.4) is 0 Å². The third kappa shape index (κ3) is 3.96. The third-order valence-electron chi connectivity index (χ3n) is 4.50. The summed E-state index contributed by atoms with van der Waals surface area (Å²) in [5, 5.41) is 3.51. The van der Waals surface area contributed by atoms with Crippen molar-refractivity contribution in [3.05, 3.63) is 0 Å². The van der Waals surface area contributed by atoms with E-state index in [9.17, 15) is 0 Å². The Kier molecular flexibility index (Phi) is 4.87. The standard InChI is InChI=1S/C15H30N2/c1-14(2)12-15(6-3-4-7-15)13-17-10-5-8-16-9-11-17/h14,16H,3-13H2,1-2H3. The molecule has 0 unspecified atom stereocenters. The van der Waals surface area contributed by atoms with Crippen molar-refractivity contribution in [1.82, 2.24) is 10.2 Å². The van der Waals surface area contributed by atoms with E-state index in [1.807, 2.05) is 0 Å². The highest BCUT2D eigenvalue weighted by Gasteiger charge is 2.35. The first-order valence-corrected chi connectivity index (χ1v) is 7.63. The SMILES string of the molecule is CC(C)CC1(CN2CCCNCC2)CCCC1. The van der Waals surface area contributed by atoms with Gasteiger partial charge in [-0.25, -0.2) is 0 Å². The Morgan fingerprint density at radius 2 is 1.82 bits per heavy atom. The predicted molar refractivity (Wildman–Crippen MR) is 74.3 cm³/mol. The first kappa shape index (κ1) is 13.4. The maximum atomic E-state index is 3.51. The molecule has 1 saturated heterocycles. The molecule has 1 N–H and O–H groups in total. The maximum Gasteiger partial charge on any atom is 0.0107 e. The summed E-state index contributed by atoms with van der Waals surface area (Å²) in [4.78, 5) is 2.73. The van der Waals surface area contributed by atoms with Crippen molar-refractivity contribution >= 4 is 0 Å². The van der Waals surface area contributed by atoms with E-state index >= 15 is 0 Å². The molecule has 1 aliphatic carbocycles. The lowest BCUT2D eigenvalue weighted by Gasteiger charge is -2.36. The van der Waals surface area contributed by atoms with Crippen LogP contribution in [0.2, 0.25) is 0 Å². The van der Waals surface area contributed by atoms with Gasteiger partial charge in [0.1, 0.15) is 0 Å². The van der Waals surface area contributed by atoms with E-state index in [2.05, 4.69) is 24.1 Å². The molecule has 0 spiro atoms. The largest absolute Gasteiger partial charge is 0.315 e. The van der Waals surface area contributed by atoms with Crippen LogP contribution in [0, 0.1) is 11.3 Å². The highest BCUT2D eigenvalue weighted by molar-refractivity contribution is 4.89. The Morgan fingerprint density at radius 3 is 2.53 bits per heavy atom. The van der Waals surface area contributed by atoms with Crippen molar-refractivity contribution in [2.75, 3.05) is 32.7 Å². The number of nitrogens with zero attached hydrogens (tertiary/aromatic N) is 1. The average Bonchev–Trinajstić information content (AvgIpc) is 2.55. The van der Waals surface area contributed by atoms with E-state index in [-0.39, 0.29) is 0 Å². The van der Waals surface area contributed by atoms with E-state index in [1.165, 1.54) is 71.2 Å². The summed E-state index contributed by atoms with van der Waals surface area (Å²) in [5.41, 5.74) is 0.665. The lowest BCUT2D eigenvalue weighted by Crippen LogP contribution is -2.39. The van der Waals surface area contributed by atoms with E-state index in [0.29, 0.717) is 5.41 Å². The van der Waals surface area contributed by atoms with Crippen LogP contribution in [0.4, 0.5) is 0 Å². The van der Waals surface area contributed by atoms with Crippen LogP contribution in [0.15, 0.2) is 0 Å². The minimum atomic E-state index is 0.665. The first-order valence-electron chi connectivity index (χ1n) is 7.63. The van der Waals surface area contributed by atoms with Gasteiger partial charge in [-0.1, -0.05) is 26.7 Å². The van der Waals surface area contributed by atoms with Gasteiger partial charge in [-0.2, -0.15) is 0 Å². The Balaban J connectivity index is 1.91. The van der Waals surface area contributed by atoms with E-state index in [4.69, 9.17) is 0 Å². The number of hydrogen-bond acceptors (Lipinski definition) is 2. The Morgan fingerprint density at radius 1 is 1.06 bits per heavy atom. The quantitative estimate of drug-likeness (QED) is 0.810. The van der Waals surface area contributed by atoms with E-state index in [1.54, 1.807) is 0 Å². The molecule has 1 heterocycles. The van der Waals surface area contributed by atoms with Gasteiger partial charge >= 0.3 is 0 Å². The second-order valence-electron chi connectivity index (χ2n) is 6.68. The van der Waals surface area contributed by atoms with Gasteiger partial charge in [0.25, 0.3) is 0 Å². The fourth-order valence-electron chi connectivity index (χ4n) is 3.95.